The van der Waals surface area contributed by atoms with Gasteiger partial charge in [0.05, 0.1) is 0 Å². The van der Waals surface area contributed by atoms with E-state index in [4.69, 9.17) is 5.37 Å². The molecule has 0 aliphatic carbocycles. The van der Waals surface area contributed by atoms with Crippen molar-refractivity contribution in [3.8, 4) is 0 Å². The quantitative estimate of drug-likeness (QED) is 0.587. The fraction of sp³-hybridized carbons (Fsp3) is 0.333. The van der Waals surface area contributed by atoms with Gasteiger partial charge in [0.25, 0.3) is 0 Å². The second-order valence-corrected chi connectivity index (χ2v) is 13.1. The SMILES string of the molecule is CC(C)C(=O)[O][Tl]([O]C(=O)C(C)C)[c]1ccc2ccccc2c1. The number of carbonyl (C=O) groups is 2. The second-order valence-electron chi connectivity index (χ2n) is 6.12. The van der Waals surface area contributed by atoms with Crippen LogP contribution in [0.4, 0.5) is 0 Å². The fourth-order valence-corrected chi connectivity index (χ4v) is 9.21. The molecule has 120 valence electrons. The van der Waals surface area contributed by atoms with Crippen LogP contribution in [-0.2, 0) is 15.0 Å². The molecule has 23 heavy (non-hydrogen) atoms. The molecule has 2 rings (SSSR count). The molecule has 0 fully saturated rings. The Morgan fingerprint density at radius 3 is 1.87 bits per heavy atom. The summed E-state index contributed by atoms with van der Waals surface area (Å²) < 4.78 is 12.1. The molecule has 0 aliphatic rings. The molecule has 0 bridgehead atoms. The van der Waals surface area contributed by atoms with E-state index in [1.54, 1.807) is 27.7 Å². The van der Waals surface area contributed by atoms with Crippen LogP contribution in [0.1, 0.15) is 27.7 Å². The summed E-state index contributed by atoms with van der Waals surface area (Å²) in [5.74, 6) is -1.09. The van der Waals surface area contributed by atoms with Gasteiger partial charge in [0.1, 0.15) is 0 Å². The Hall–Kier alpha value is -1.44. The third kappa shape index (κ3) is 4.76. The molecule has 0 saturated carbocycles. The molecule has 0 heterocycles. The summed E-state index contributed by atoms with van der Waals surface area (Å²) in [6, 6.07) is 13.8. The maximum absolute atomic E-state index is 12.0. The van der Waals surface area contributed by atoms with Crippen LogP contribution in [0, 0.1) is 11.8 Å². The summed E-state index contributed by atoms with van der Waals surface area (Å²) >= 11 is -3.59. The molecule has 2 aromatic carbocycles. The van der Waals surface area contributed by atoms with E-state index in [-0.39, 0.29) is 23.8 Å². The zero-order valence-electron chi connectivity index (χ0n) is 13.9. The number of hydrogen-bond donors (Lipinski definition) is 0. The third-order valence-electron chi connectivity index (χ3n) is 3.43. The van der Waals surface area contributed by atoms with Crippen LogP contribution in [0.5, 0.6) is 0 Å². The molecule has 0 amide bonds. The standard InChI is InChI=1S/C10H7.2C4H8O2.Tl/c1-2-6-10-8-4-3-7-9(10)5-1;2*1-3(2)4(5)6;/h1-3,5-8H;2*3H,1-2H3,(H,5,6);/q;;;+2/p-2. The fourth-order valence-electron chi connectivity index (χ4n) is 2.00. The van der Waals surface area contributed by atoms with Gasteiger partial charge in [0.15, 0.2) is 0 Å². The summed E-state index contributed by atoms with van der Waals surface area (Å²) in [6.45, 7) is 7.10. The predicted octanol–water partition coefficient (Wildman–Crippen LogP) is 2.93. The van der Waals surface area contributed by atoms with Gasteiger partial charge in [-0.25, -0.2) is 0 Å². The van der Waals surface area contributed by atoms with Crippen molar-refractivity contribution in [2.24, 2.45) is 11.8 Å². The molecule has 5 heteroatoms. The van der Waals surface area contributed by atoms with Crippen molar-refractivity contribution in [1.82, 2.24) is 0 Å². The summed E-state index contributed by atoms with van der Waals surface area (Å²) in [5, 5.41) is 2.16. The Morgan fingerprint density at radius 2 is 1.35 bits per heavy atom. The van der Waals surface area contributed by atoms with Crippen LogP contribution in [0.3, 0.4) is 0 Å². The Bertz CT molecular complexity index is 687. The molecular formula is C18H21O4Tl. The predicted molar refractivity (Wildman–Crippen MR) is 91.2 cm³/mol. The molecule has 0 atom stereocenters. The molecule has 0 radical (unpaired) electrons. The number of rotatable bonds is 5. The molecule has 0 aromatic heterocycles. The van der Waals surface area contributed by atoms with Crippen molar-refractivity contribution in [1.29, 1.82) is 0 Å². The van der Waals surface area contributed by atoms with Gasteiger partial charge in [0.2, 0.25) is 0 Å². The van der Waals surface area contributed by atoms with E-state index in [1.807, 2.05) is 42.5 Å². The van der Waals surface area contributed by atoms with Crippen LogP contribution in [0.25, 0.3) is 10.8 Å². The molecule has 0 spiro atoms. The van der Waals surface area contributed by atoms with Crippen LogP contribution in [-0.4, -0.2) is 35.5 Å². The van der Waals surface area contributed by atoms with Crippen molar-refractivity contribution in [2.45, 2.75) is 27.7 Å². The van der Waals surface area contributed by atoms with Crippen molar-refractivity contribution in [3.63, 3.8) is 0 Å². The van der Waals surface area contributed by atoms with E-state index in [1.165, 1.54) is 0 Å². The molecule has 0 N–H and O–H groups in total. The van der Waals surface area contributed by atoms with E-state index in [0.29, 0.717) is 0 Å². The van der Waals surface area contributed by atoms with Gasteiger partial charge in [0, 0.05) is 0 Å². The van der Waals surface area contributed by atoms with Gasteiger partial charge >= 0.3 is 146 Å². The first-order valence-corrected chi connectivity index (χ1v) is 13.7. The van der Waals surface area contributed by atoms with Gasteiger partial charge in [-0.15, -0.1) is 0 Å². The van der Waals surface area contributed by atoms with Gasteiger partial charge < -0.3 is 0 Å². The third-order valence-corrected chi connectivity index (χ3v) is 10.4. The topological polar surface area (TPSA) is 52.6 Å². The first kappa shape index (κ1) is 17.9. The van der Waals surface area contributed by atoms with Crippen molar-refractivity contribution in [2.75, 3.05) is 0 Å². The molecule has 0 unspecified atom stereocenters. The number of fused-ring (bicyclic) bond motifs is 1. The van der Waals surface area contributed by atoms with E-state index in [9.17, 15) is 9.59 Å². The number of carbonyl (C=O) groups excluding carboxylic acids is 2. The van der Waals surface area contributed by atoms with E-state index in [2.05, 4.69) is 0 Å². The Balaban J connectivity index is 2.33. The van der Waals surface area contributed by atoms with Gasteiger partial charge in [-0.3, -0.25) is 0 Å². The summed E-state index contributed by atoms with van der Waals surface area (Å²) in [6.07, 6.45) is 0. The molecule has 0 saturated heterocycles. The molecule has 0 aliphatic heterocycles. The van der Waals surface area contributed by atoms with Crippen molar-refractivity contribution >= 4 is 49.4 Å². The number of benzene rings is 2. The van der Waals surface area contributed by atoms with Crippen LogP contribution in [0.15, 0.2) is 42.5 Å². The first-order valence-electron chi connectivity index (χ1n) is 7.78. The average molecular weight is 506 g/mol. The van der Waals surface area contributed by atoms with E-state index < -0.39 is 23.6 Å². The van der Waals surface area contributed by atoms with Crippen LogP contribution in [0.2, 0.25) is 0 Å². The minimum absolute atomic E-state index is 0.240. The monoisotopic (exact) mass is 506 g/mol. The Kier molecular flexibility index (Phi) is 6.15. The maximum atomic E-state index is 12.0. The normalized spacial score (nSPS) is 10.9. The van der Waals surface area contributed by atoms with Gasteiger partial charge in [-0.1, -0.05) is 0 Å². The van der Waals surface area contributed by atoms with Crippen LogP contribution < -0.4 is 3.12 Å². The van der Waals surface area contributed by atoms with Gasteiger partial charge in [-0.05, 0) is 0 Å². The average Bonchev–Trinajstić information content (AvgIpc) is 2.53. The Labute approximate surface area is 146 Å². The number of hydrogen-bond acceptors (Lipinski definition) is 4. The molecule has 4 nitrogen and oxygen atoms in total. The second kappa shape index (κ2) is 7.90. The van der Waals surface area contributed by atoms with Gasteiger partial charge in [-0.2, -0.15) is 0 Å². The summed E-state index contributed by atoms with van der Waals surface area (Å²) in [4.78, 5) is 24.0. The van der Waals surface area contributed by atoms with E-state index >= 15 is 0 Å². The summed E-state index contributed by atoms with van der Waals surface area (Å²) in [5.41, 5.74) is 0. The molecule has 2 aromatic rings. The first-order chi connectivity index (χ1) is 10.9. The van der Waals surface area contributed by atoms with Crippen LogP contribution >= 0.6 is 0 Å². The minimum atomic E-state index is -3.59. The summed E-state index contributed by atoms with van der Waals surface area (Å²) in [7, 11) is 0. The molecular weight excluding hydrogens is 485 g/mol. The van der Waals surface area contributed by atoms with E-state index in [0.717, 1.165) is 13.9 Å². The van der Waals surface area contributed by atoms with Crippen molar-refractivity contribution in [3.05, 3.63) is 42.5 Å². The zero-order chi connectivity index (χ0) is 17.0. The van der Waals surface area contributed by atoms with Crippen molar-refractivity contribution < 1.29 is 15.0 Å². The Morgan fingerprint density at radius 1 is 0.826 bits per heavy atom. The zero-order valence-corrected chi connectivity index (χ0v) is 18.4.